The Bertz CT molecular complexity index is 640. The van der Waals surface area contributed by atoms with Gasteiger partial charge < -0.3 is 9.47 Å². The molecule has 0 aliphatic heterocycles. The highest BCUT2D eigenvalue weighted by molar-refractivity contribution is 6.03. The zero-order chi connectivity index (χ0) is 24.2. The molecule has 33 heavy (non-hydrogen) atoms. The number of hydrogen-bond acceptors (Lipinski definition) is 4. The van der Waals surface area contributed by atoms with Crippen molar-refractivity contribution >= 4 is 11.9 Å². The summed E-state index contributed by atoms with van der Waals surface area (Å²) in [5.41, 5.74) is 0.589. The summed E-state index contributed by atoms with van der Waals surface area (Å²) in [5.74, 6) is -0.881. The summed E-state index contributed by atoms with van der Waals surface area (Å²) in [6, 6.07) is 6.79. The van der Waals surface area contributed by atoms with Crippen LogP contribution in [-0.2, 0) is 9.47 Å². The largest absolute Gasteiger partial charge is 0.462 e. The van der Waals surface area contributed by atoms with Crippen molar-refractivity contribution in [2.45, 2.75) is 130 Å². The summed E-state index contributed by atoms with van der Waals surface area (Å²) >= 11 is 0. The maximum Gasteiger partial charge on any atom is 0.339 e. The number of ether oxygens (including phenoxy) is 2. The van der Waals surface area contributed by atoms with Crippen LogP contribution >= 0.6 is 0 Å². The van der Waals surface area contributed by atoms with Gasteiger partial charge in [-0.15, -0.1) is 0 Å². The fraction of sp³-hybridized carbons (Fsp3) is 0.724. The summed E-state index contributed by atoms with van der Waals surface area (Å²) in [6.07, 6.45) is 19.1. The molecular weight excluding hydrogens is 412 g/mol. The Balaban J connectivity index is 2.20. The third-order valence-corrected chi connectivity index (χ3v) is 6.19. The van der Waals surface area contributed by atoms with Crippen LogP contribution in [0.1, 0.15) is 144 Å². The third-order valence-electron chi connectivity index (χ3n) is 6.19. The second kappa shape index (κ2) is 19.6. The summed E-state index contributed by atoms with van der Waals surface area (Å²) < 4.78 is 11.0. The maximum atomic E-state index is 12.6. The molecular formula is C29H48O4. The molecule has 1 rings (SSSR count). The van der Waals surface area contributed by atoms with E-state index in [1.165, 1.54) is 70.6 Å². The molecule has 0 N–H and O–H groups in total. The van der Waals surface area contributed by atoms with Crippen LogP contribution < -0.4 is 0 Å². The molecule has 0 amide bonds. The van der Waals surface area contributed by atoms with Crippen molar-refractivity contribution in [2.75, 3.05) is 6.61 Å². The molecule has 0 saturated carbocycles. The molecule has 4 heteroatoms. The molecule has 1 aromatic rings. The molecule has 0 aliphatic rings. The molecule has 4 nitrogen and oxygen atoms in total. The predicted octanol–water partition coefficient (Wildman–Crippen LogP) is 8.67. The van der Waals surface area contributed by atoms with E-state index < -0.39 is 11.9 Å². The molecule has 1 atom stereocenters. The van der Waals surface area contributed by atoms with Crippen molar-refractivity contribution in [3.63, 3.8) is 0 Å². The molecule has 0 aliphatic carbocycles. The highest BCUT2D eigenvalue weighted by Gasteiger charge is 2.21. The number of carbonyl (C=O) groups is 2. The van der Waals surface area contributed by atoms with Gasteiger partial charge >= 0.3 is 11.9 Å². The summed E-state index contributed by atoms with van der Waals surface area (Å²) in [7, 11) is 0. The maximum absolute atomic E-state index is 12.6. The minimum Gasteiger partial charge on any atom is -0.462 e. The second-order valence-electron chi connectivity index (χ2n) is 9.15. The minimum atomic E-state index is -0.441. The number of hydrogen-bond donors (Lipinski definition) is 0. The lowest BCUT2D eigenvalue weighted by atomic mass is 10.0. The lowest BCUT2D eigenvalue weighted by molar-refractivity contribution is 0.0262. The Labute approximate surface area is 202 Å². The molecule has 1 unspecified atom stereocenters. The molecule has 0 heterocycles. The van der Waals surface area contributed by atoms with Gasteiger partial charge in [0, 0.05) is 0 Å². The van der Waals surface area contributed by atoms with Gasteiger partial charge in [-0.1, -0.05) is 116 Å². The van der Waals surface area contributed by atoms with Gasteiger partial charge in [0.2, 0.25) is 0 Å². The number of rotatable bonds is 20. The minimum absolute atomic E-state index is 0.114. The number of benzene rings is 1. The van der Waals surface area contributed by atoms with Gasteiger partial charge in [0.25, 0.3) is 0 Å². The van der Waals surface area contributed by atoms with E-state index >= 15 is 0 Å². The van der Waals surface area contributed by atoms with Crippen molar-refractivity contribution in [1.82, 2.24) is 0 Å². The Morgan fingerprint density at radius 3 is 1.64 bits per heavy atom. The van der Waals surface area contributed by atoms with Gasteiger partial charge in [0.05, 0.1) is 17.7 Å². The molecule has 1 aromatic carbocycles. The van der Waals surface area contributed by atoms with Crippen LogP contribution in [0.3, 0.4) is 0 Å². The first-order valence-electron chi connectivity index (χ1n) is 13.6. The first kappa shape index (κ1) is 29.2. The topological polar surface area (TPSA) is 52.6 Å². The second-order valence-corrected chi connectivity index (χ2v) is 9.15. The van der Waals surface area contributed by atoms with E-state index in [9.17, 15) is 9.59 Å². The van der Waals surface area contributed by atoms with Crippen LogP contribution in [0.2, 0.25) is 0 Å². The SMILES string of the molecule is CCCCCCCCCCCCCCCOC(=O)c1ccccc1C(=O)OC(CC)CCC. The van der Waals surface area contributed by atoms with Gasteiger partial charge in [0.1, 0.15) is 6.10 Å². The molecule has 0 aromatic heterocycles. The van der Waals surface area contributed by atoms with E-state index in [1.54, 1.807) is 24.3 Å². The van der Waals surface area contributed by atoms with E-state index in [2.05, 4.69) is 13.8 Å². The molecule has 0 saturated heterocycles. The normalized spacial score (nSPS) is 11.8. The molecule has 0 radical (unpaired) electrons. The van der Waals surface area contributed by atoms with Gasteiger partial charge in [-0.2, -0.15) is 0 Å². The smallest absolute Gasteiger partial charge is 0.339 e. The molecule has 188 valence electrons. The Kier molecular flexibility index (Phi) is 17.4. The van der Waals surface area contributed by atoms with E-state index in [4.69, 9.17) is 9.47 Å². The van der Waals surface area contributed by atoms with Gasteiger partial charge in [-0.3, -0.25) is 0 Å². The summed E-state index contributed by atoms with van der Waals surface area (Å²) in [4.78, 5) is 25.1. The van der Waals surface area contributed by atoms with Crippen LogP contribution in [0.5, 0.6) is 0 Å². The lowest BCUT2D eigenvalue weighted by Crippen LogP contribution is -2.20. The average Bonchev–Trinajstić information content (AvgIpc) is 2.83. The van der Waals surface area contributed by atoms with Gasteiger partial charge in [0.15, 0.2) is 0 Å². The van der Waals surface area contributed by atoms with Crippen LogP contribution in [-0.4, -0.2) is 24.6 Å². The standard InChI is InChI=1S/C29H48O4/c1-4-7-8-9-10-11-12-13-14-15-16-17-20-24-32-28(30)26-22-18-19-23-27(26)29(31)33-25(6-3)21-5-2/h18-19,22-23,25H,4-17,20-21,24H2,1-3H3. The van der Waals surface area contributed by atoms with Crippen LogP contribution in [0.4, 0.5) is 0 Å². The Morgan fingerprint density at radius 2 is 1.15 bits per heavy atom. The zero-order valence-electron chi connectivity index (χ0n) is 21.5. The Hall–Kier alpha value is -1.84. The molecule has 0 fully saturated rings. The van der Waals surface area contributed by atoms with Gasteiger partial charge in [-0.25, -0.2) is 9.59 Å². The van der Waals surface area contributed by atoms with Crippen LogP contribution in [0.15, 0.2) is 24.3 Å². The van der Waals surface area contributed by atoms with E-state index in [0.717, 1.165) is 32.1 Å². The molecule has 0 bridgehead atoms. The van der Waals surface area contributed by atoms with Gasteiger partial charge in [-0.05, 0) is 31.4 Å². The van der Waals surface area contributed by atoms with Crippen molar-refractivity contribution in [2.24, 2.45) is 0 Å². The van der Waals surface area contributed by atoms with Crippen LogP contribution in [0.25, 0.3) is 0 Å². The number of esters is 2. The predicted molar refractivity (Wildman–Crippen MR) is 137 cm³/mol. The monoisotopic (exact) mass is 460 g/mol. The fourth-order valence-corrected chi connectivity index (χ4v) is 4.08. The third kappa shape index (κ3) is 13.5. The highest BCUT2D eigenvalue weighted by Crippen LogP contribution is 2.16. The first-order valence-corrected chi connectivity index (χ1v) is 13.6. The number of unbranched alkanes of at least 4 members (excludes halogenated alkanes) is 12. The Morgan fingerprint density at radius 1 is 0.667 bits per heavy atom. The van der Waals surface area contributed by atoms with E-state index in [1.807, 2.05) is 6.92 Å². The van der Waals surface area contributed by atoms with E-state index in [-0.39, 0.29) is 6.10 Å². The van der Waals surface area contributed by atoms with Crippen molar-refractivity contribution in [3.8, 4) is 0 Å². The van der Waals surface area contributed by atoms with E-state index in [0.29, 0.717) is 17.7 Å². The zero-order valence-corrected chi connectivity index (χ0v) is 21.5. The van der Waals surface area contributed by atoms with Crippen molar-refractivity contribution in [3.05, 3.63) is 35.4 Å². The average molecular weight is 461 g/mol. The first-order chi connectivity index (χ1) is 16.1. The van der Waals surface area contributed by atoms with Crippen molar-refractivity contribution in [1.29, 1.82) is 0 Å². The van der Waals surface area contributed by atoms with Crippen LogP contribution in [0, 0.1) is 0 Å². The summed E-state index contributed by atoms with van der Waals surface area (Å²) in [6.45, 7) is 6.73. The number of carbonyl (C=O) groups excluding carboxylic acids is 2. The lowest BCUT2D eigenvalue weighted by Gasteiger charge is -2.16. The summed E-state index contributed by atoms with van der Waals surface area (Å²) in [5, 5.41) is 0. The fourth-order valence-electron chi connectivity index (χ4n) is 4.08. The molecule has 0 spiro atoms. The quantitative estimate of drug-likeness (QED) is 0.144. The highest BCUT2D eigenvalue weighted by atomic mass is 16.5. The van der Waals surface area contributed by atoms with Crippen molar-refractivity contribution < 1.29 is 19.1 Å².